The van der Waals surface area contributed by atoms with Crippen LogP contribution in [0.5, 0.6) is 11.5 Å². The van der Waals surface area contributed by atoms with Gasteiger partial charge in [0.15, 0.2) is 11.5 Å². The van der Waals surface area contributed by atoms with E-state index >= 15 is 0 Å². The van der Waals surface area contributed by atoms with Gasteiger partial charge in [0, 0.05) is 33.8 Å². The predicted molar refractivity (Wildman–Crippen MR) is 277 cm³/mol. The fraction of sp³-hybridized carbons (Fsp3) is 0.536. The van der Waals surface area contributed by atoms with Crippen LogP contribution in [0.2, 0.25) is 0 Å². The number of benzene rings is 4. The topological polar surface area (TPSA) is 61.6 Å². The molecule has 0 heterocycles. The minimum atomic E-state index is -0.0956. The van der Waals surface area contributed by atoms with E-state index in [-0.39, 0.29) is 21.7 Å². The molecule has 0 aliphatic rings. The minimum Gasteiger partial charge on any atom is -0.288 e. The second kappa shape index (κ2) is 24.6. The number of rotatable bonds is 25. The average molecular weight is 909 g/mol. The molecule has 0 radical (unpaired) electrons. The maximum absolute atomic E-state index is 6.27. The smallest absolute Gasteiger partial charge is 0.246 e. The summed E-state index contributed by atoms with van der Waals surface area (Å²) in [6, 6.07) is 29.6. The first kappa shape index (κ1) is 52.7. The summed E-state index contributed by atoms with van der Waals surface area (Å²) in [6.07, 6.45) is 11.7. The Morgan fingerprint density at radius 3 is 1.16 bits per heavy atom. The Balaban J connectivity index is 1.62. The van der Waals surface area contributed by atoms with Crippen molar-refractivity contribution in [1.29, 1.82) is 0 Å². The highest BCUT2D eigenvalue weighted by atomic mass is 33.1. The molecule has 4 aromatic rings. The van der Waals surface area contributed by atoms with Gasteiger partial charge in [-0.2, -0.15) is 0 Å². The van der Waals surface area contributed by atoms with Crippen molar-refractivity contribution in [3.8, 4) is 11.5 Å². The Hall–Kier alpha value is -3.88. The molecule has 0 saturated heterocycles. The molecular weight excluding hydrogens is 829 g/mol. The van der Waals surface area contributed by atoms with Gasteiger partial charge >= 0.3 is 0 Å². The first-order chi connectivity index (χ1) is 30.4. The molecule has 0 atom stereocenters. The summed E-state index contributed by atoms with van der Waals surface area (Å²) in [5, 5.41) is 0. The van der Waals surface area contributed by atoms with Crippen LogP contribution in [0.15, 0.2) is 105 Å². The van der Waals surface area contributed by atoms with Crippen molar-refractivity contribution in [3.05, 3.63) is 107 Å². The van der Waals surface area contributed by atoms with E-state index in [1.54, 1.807) is 21.6 Å². The Labute approximate surface area is 396 Å². The third-order valence-corrected chi connectivity index (χ3v) is 15.9. The monoisotopic (exact) mass is 909 g/mol. The molecule has 6 nitrogen and oxygen atoms in total. The van der Waals surface area contributed by atoms with Crippen molar-refractivity contribution < 1.29 is 19.6 Å². The van der Waals surface area contributed by atoms with Gasteiger partial charge in [-0.05, 0) is 108 Å². The van der Waals surface area contributed by atoms with Crippen molar-refractivity contribution in [2.24, 2.45) is 9.98 Å². The Bertz CT molecular complexity index is 1990. The van der Waals surface area contributed by atoms with E-state index in [4.69, 9.17) is 29.5 Å². The molecule has 64 heavy (non-hydrogen) atoms. The van der Waals surface area contributed by atoms with Crippen LogP contribution < -0.4 is 9.78 Å². The van der Waals surface area contributed by atoms with Gasteiger partial charge in [-0.3, -0.25) is 19.6 Å². The zero-order chi connectivity index (χ0) is 47.0. The van der Waals surface area contributed by atoms with Crippen molar-refractivity contribution in [1.82, 2.24) is 0 Å². The van der Waals surface area contributed by atoms with Gasteiger partial charge in [0.05, 0.1) is 11.4 Å². The molecule has 350 valence electrons. The van der Waals surface area contributed by atoms with Crippen LogP contribution in [0.25, 0.3) is 0 Å². The number of hydrogen-bond donors (Lipinski definition) is 0. The van der Waals surface area contributed by atoms with Gasteiger partial charge in [-0.25, -0.2) is 9.98 Å². The summed E-state index contributed by atoms with van der Waals surface area (Å²) in [6.45, 7) is 31.6. The number of aliphatic imine (C=N–C) groups is 2. The lowest BCUT2D eigenvalue weighted by atomic mass is 9.76. The SMILES string of the molecule is CCCCCC(=Nc1ccccc1SSc1ccccc1N=C(CCCCC)OOc1ccc(C(C)(C)CC)cc1C(C)(C)CC)OOc1ccc(C(C)(C)CC)cc1C(C)(C)CC. The highest BCUT2D eigenvalue weighted by Gasteiger charge is 2.29. The van der Waals surface area contributed by atoms with Crippen molar-refractivity contribution >= 4 is 44.8 Å². The van der Waals surface area contributed by atoms with Gasteiger partial charge < -0.3 is 0 Å². The number of para-hydroxylation sites is 2. The summed E-state index contributed by atoms with van der Waals surface area (Å²) in [4.78, 5) is 37.3. The zero-order valence-electron chi connectivity index (χ0n) is 41.9. The molecule has 4 rings (SSSR count). The normalized spacial score (nSPS) is 13.0. The maximum atomic E-state index is 6.27. The van der Waals surface area contributed by atoms with Crippen LogP contribution >= 0.6 is 21.6 Å². The quantitative estimate of drug-likeness (QED) is 0.0165. The van der Waals surface area contributed by atoms with E-state index in [1.807, 2.05) is 24.3 Å². The summed E-state index contributed by atoms with van der Waals surface area (Å²) >= 11 is 0. The third kappa shape index (κ3) is 14.8. The second-order valence-corrected chi connectivity index (χ2v) is 21.9. The molecule has 0 aromatic heterocycles. The molecular formula is C56H80N2O4S2. The maximum Gasteiger partial charge on any atom is 0.246 e. The first-order valence-corrected chi connectivity index (χ1v) is 26.3. The van der Waals surface area contributed by atoms with Gasteiger partial charge in [-0.15, -0.1) is 0 Å². The molecule has 0 aliphatic heterocycles. The second-order valence-electron chi connectivity index (χ2n) is 19.7. The Morgan fingerprint density at radius 1 is 0.453 bits per heavy atom. The van der Waals surface area contributed by atoms with E-state index in [9.17, 15) is 0 Å². The van der Waals surface area contributed by atoms with Crippen molar-refractivity contribution in [2.45, 2.75) is 205 Å². The van der Waals surface area contributed by atoms with Gasteiger partial charge in [0.2, 0.25) is 11.8 Å². The van der Waals surface area contributed by atoms with Crippen LogP contribution in [-0.2, 0) is 31.4 Å². The lowest BCUT2D eigenvalue weighted by molar-refractivity contribution is -0.120. The van der Waals surface area contributed by atoms with Gasteiger partial charge in [0.25, 0.3) is 0 Å². The Kier molecular flexibility index (Phi) is 20.3. The predicted octanol–water partition coefficient (Wildman–Crippen LogP) is 18.5. The molecule has 0 spiro atoms. The summed E-state index contributed by atoms with van der Waals surface area (Å²) < 4.78 is 0. The molecule has 0 unspecified atom stereocenters. The van der Waals surface area contributed by atoms with Gasteiger partial charge in [-0.1, -0.05) is 193 Å². The van der Waals surface area contributed by atoms with Crippen LogP contribution in [0, 0.1) is 0 Å². The van der Waals surface area contributed by atoms with E-state index in [1.165, 1.54) is 11.1 Å². The van der Waals surface area contributed by atoms with E-state index in [0.717, 1.165) is 108 Å². The zero-order valence-corrected chi connectivity index (χ0v) is 43.5. The lowest BCUT2D eigenvalue weighted by Gasteiger charge is -2.30. The lowest BCUT2D eigenvalue weighted by Crippen LogP contribution is -2.21. The first-order valence-electron chi connectivity index (χ1n) is 24.1. The molecule has 0 N–H and O–H groups in total. The van der Waals surface area contributed by atoms with Crippen molar-refractivity contribution in [3.63, 3.8) is 0 Å². The van der Waals surface area contributed by atoms with E-state index in [0.29, 0.717) is 24.6 Å². The van der Waals surface area contributed by atoms with Gasteiger partial charge in [0.1, 0.15) is 0 Å². The molecule has 0 saturated carbocycles. The standard InChI is InChI=1S/C56H80N2O4S2/c1-15-21-23-33-51(61-59-47-37-35-41(53(7,8)17-3)39-43(47)55(11,12)19-5)57-45-29-25-27-31-49(45)63-64-50-32-28-26-30-46(50)58-52(34-24-22-16-2)62-60-48-38-36-42(54(9,10)18-4)40-44(48)56(13,14)20-6/h25-32,35-40H,15-24,33-34H2,1-14H3. The van der Waals surface area contributed by atoms with E-state index in [2.05, 4.69) is 158 Å². The average Bonchev–Trinajstić information content (AvgIpc) is 3.29. The van der Waals surface area contributed by atoms with Crippen molar-refractivity contribution in [2.75, 3.05) is 0 Å². The molecule has 4 aromatic carbocycles. The van der Waals surface area contributed by atoms with E-state index < -0.39 is 0 Å². The summed E-state index contributed by atoms with van der Waals surface area (Å²) in [5.41, 5.74) is 6.51. The Morgan fingerprint density at radius 2 is 0.812 bits per heavy atom. The van der Waals surface area contributed by atoms with Crippen LogP contribution in [0.3, 0.4) is 0 Å². The number of unbranched alkanes of at least 4 members (excludes halogenated alkanes) is 4. The van der Waals surface area contributed by atoms with Crippen LogP contribution in [0.4, 0.5) is 11.4 Å². The molecule has 0 bridgehead atoms. The minimum absolute atomic E-state index is 0.0608. The fourth-order valence-electron chi connectivity index (χ4n) is 6.96. The summed E-state index contributed by atoms with van der Waals surface area (Å²) in [7, 11) is 3.31. The molecule has 0 aliphatic carbocycles. The van der Waals surface area contributed by atoms with Crippen LogP contribution in [-0.4, -0.2) is 11.8 Å². The largest absolute Gasteiger partial charge is 0.288 e. The molecule has 0 amide bonds. The third-order valence-electron chi connectivity index (χ3n) is 13.4. The highest BCUT2D eigenvalue weighted by Crippen LogP contribution is 2.46. The number of hydrogen-bond acceptors (Lipinski definition) is 8. The molecule has 8 heteroatoms. The highest BCUT2D eigenvalue weighted by molar-refractivity contribution is 8.76. The van der Waals surface area contributed by atoms with Crippen LogP contribution in [0.1, 0.15) is 196 Å². The fourth-order valence-corrected chi connectivity index (χ4v) is 9.19. The number of nitrogens with zero attached hydrogens (tertiary/aromatic N) is 2. The molecule has 0 fully saturated rings. The summed E-state index contributed by atoms with van der Waals surface area (Å²) in [5.74, 6) is 2.61.